The zero-order valence-electron chi connectivity index (χ0n) is 14.1. The molecule has 0 N–H and O–H groups in total. The highest BCUT2D eigenvalue weighted by atomic mass is 32.1. The number of carbonyl (C=O) groups is 2. The number of hydrogen-bond donors (Lipinski definition) is 0. The molecule has 0 aliphatic carbocycles. The fourth-order valence-corrected chi connectivity index (χ4v) is 3.53. The molecule has 7 heteroatoms. The molecule has 2 aromatic rings. The lowest BCUT2D eigenvalue weighted by Crippen LogP contribution is -2.35. The predicted molar refractivity (Wildman–Crippen MR) is 93.3 cm³/mol. The summed E-state index contributed by atoms with van der Waals surface area (Å²) in [6, 6.07) is 1.96. The molecule has 1 amide bonds. The van der Waals surface area contributed by atoms with E-state index in [-0.39, 0.29) is 11.7 Å². The standard InChI is InChI=1S/C17H22N4O2S/c1-13(22)14-8-15(19(2)9-14)10-20-4-3-5-21(7-6-20)17(23)16-11-24-12-18-16/h8-9,11-12H,3-7,10H2,1-2H3. The van der Waals surface area contributed by atoms with E-state index in [1.807, 2.05) is 28.8 Å². The van der Waals surface area contributed by atoms with Crippen LogP contribution in [0.1, 0.15) is 39.9 Å². The first-order valence-corrected chi connectivity index (χ1v) is 9.05. The third-order valence-electron chi connectivity index (χ3n) is 4.43. The SMILES string of the molecule is CC(=O)c1cc(CN2CCCN(C(=O)c3cscn3)CC2)n(C)c1. The van der Waals surface area contributed by atoms with Crippen molar-refractivity contribution in [1.29, 1.82) is 0 Å². The van der Waals surface area contributed by atoms with Gasteiger partial charge in [-0.2, -0.15) is 0 Å². The molecule has 6 nitrogen and oxygen atoms in total. The van der Waals surface area contributed by atoms with Gasteiger partial charge in [0, 0.05) is 62.6 Å². The summed E-state index contributed by atoms with van der Waals surface area (Å²) in [7, 11) is 1.97. The second kappa shape index (κ2) is 7.27. The van der Waals surface area contributed by atoms with E-state index in [1.54, 1.807) is 17.8 Å². The van der Waals surface area contributed by atoms with E-state index < -0.39 is 0 Å². The summed E-state index contributed by atoms with van der Waals surface area (Å²) in [4.78, 5) is 32.3. The van der Waals surface area contributed by atoms with Crippen molar-refractivity contribution in [2.45, 2.75) is 19.9 Å². The van der Waals surface area contributed by atoms with Crippen molar-refractivity contribution >= 4 is 23.0 Å². The summed E-state index contributed by atoms with van der Waals surface area (Å²) in [5.41, 5.74) is 4.11. The predicted octanol–water partition coefficient (Wildman–Crippen LogP) is 2.03. The van der Waals surface area contributed by atoms with E-state index in [9.17, 15) is 9.59 Å². The van der Waals surface area contributed by atoms with E-state index in [2.05, 4.69) is 9.88 Å². The van der Waals surface area contributed by atoms with Crippen molar-refractivity contribution in [1.82, 2.24) is 19.4 Å². The summed E-state index contributed by atoms with van der Waals surface area (Å²) in [5, 5.41) is 1.80. The van der Waals surface area contributed by atoms with Crippen LogP contribution in [-0.4, -0.2) is 57.2 Å². The van der Waals surface area contributed by atoms with Crippen LogP contribution in [0, 0.1) is 0 Å². The quantitative estimate of drug-likeness (QED) is 0.795. The van der Waals surface area contributed by atoms with Gasteiger partial charge in [0.05, 0.1) is 5.51 Å². The van der Waals surface area contributed by atoms with E-state index >= 15 is 0 Å². The number of Topliss-reactive ketones (excluding diaryl/α,β-unsaturated/α-hetero) is 1. The number of rotatable bonds is 4. The minimum atomic E-state index is 0.0239. The largest absolute Gasteiger partial charge is 0.353 e. The molecule has 0 radical (unpaired) electrons. The molecule has 0 bridgehead atoms. The first-order valence-electron chi connectivity index (χ1n) is 8.10. The van der Waals surface area contributed by atoms with Crippen LogP contribution in [0.25, 0.3) is 0 Å². The third-order valence-corrected chi connectivity index (χ3v) is 5.01. The first-order chi connectivity index (χ1) is 11.5. The summed E-state index contributed by atoms with van der Waals surface area (Å²) < 4.78 is 2.01. The van der Waals surface area contributed by atoms with E-state index in [1.165, 1.54) is 11.3 Å². The number of amides is 1. The fraction of sp³-hybridized carbons (Fsp3) is 0.471. The highest BCUT2D eigenvalue weighted by molar-refractivity contribution is 7.07. The van der Waals surface area contributed by atoms with Gasteiger partial charge in [-0.05, 0) is 19.4 Å². The van der Waals surface area contributed by atoms with Gasteiger partial charge >= 0.3 is 0 Å². The molecule has 2 aromatic heterocycles. The topological polar surface area (TPSA) is 58.4 Å². The summed E-state index contributed by atoms with van der Waals surface area (Å²) in [6.07, 6.45) is 2.83. The maximum absolute atomic E-state index is 12.4. The van der Waals surface area contributed by atoms with Crippen LogP contribution in [-0.2, 0) is 13.6 Å². The number of aryl methyl sites for hydroxylation is 1. The van der Waals surface area contributed by atoms with Crippen LogP contribution < -0.4 is 0 Å². The number of nitrogens with zero attached hydrogens (tertiary/aromatic N) is 4. The molecule has 0 aromatic carbocycles. The fourth-order valence-electron chi connectivity index (χ4n) is 3.00. The highest BCUT2D eigenvalue weighted by Gasteiger charge is 2.22. The van der Waals surface area contributed by atoms with Crippen LogP contribution in [0.4, 0.5) is 0 Å². The van der Waals surface area contributed by atoms with Gasteiger partial charge < -0.3 is 9.47 Å². The number of ketones is 1. The monoisotopic (exact) mass is 346 g/mol. The van der Waals surface area contributed by atoms with Crippen LogP contribution in [0.2, 0.25) is 0 Å². The van der Waals surface area contributed by atoms with Crippen LogP contribution in [0.15, 0.2) is 23.2 Å². The van der Waals surface area contributed by atoms with Crippen LogP contribution in [0.3, 0.4) is 0 Å². The van der Waals surface area contributed by atoms with Gasteiger partial charge in [0.1, 0.15) is 5.69 Å². The molecular weight excluding hydrogens is 324 g/mol. The zero-order valence-corrected chi connectivity index (χ0v) is 14.9. The smallest absolute Gasteiger partial charge is 0.273 e. The Morgan fingerprint density at radius 2 is 2.08 bits per heavy atom. The molecule has 0 unspecified atom stereocenters. The Kier molecular flexibility index (Phi) is 5.11. The Balaban J connectivity index is 1.61. The van der Waals surface area contributed by atoms with Crippen molar-refractivity contribution in [2.24, 2.45) is 7.05 Å². The summed E-state index contributed by atoms with van der Waals surface area (Å²) in [5.74, 6) is 0.114. The van der Waals surface area contributed by atoms with Crippen molar-refractivity contribution in [3.05, 3.63) is 40.1 Å². The highest BCUT2D eigenvalue weighted by Crippen LogP contribution is 2.14. The lowest BCUT2D eigenvalue weighted by atomic mass is 10.2. The average molecular weight is 346 g/mol. The minimum Gasteiger partial charge on any atom is -0.353 e. The average Bonchev–Trinajstić information content (AvgIpc) is 3.14. The first kappa shape index (κ1) is 16.9. The molecular formula is C17H22N4O2S. The van der Waals surface area contributed by atoms with Gasteiger partial charge in [0.2, 0.25) is 0 Å². The van der Waals surface area contributed by atoms with E-state index in [0.717, 1.165) is 43.9 Å². The molecule has 0 spiro atoms. The second-order valence-corrected chi connectivity index (χ2v) is 6.90. The molecule has 3 rings (SSSR count). The van der Waals surface area contributed by atoms with Gasteiger partial charge in [-0.3, -0.25) is 14.5 Å². The molecule has 1 aliphatic rings. The summed E-state index contributed by atoms with van der Waals surface area (Å²) in [6.45, 7) is 5.63. The maximum atomic E-state index is 12.4. The molecule has 1 aliphatic heterocycles. The number of carbonyl (C=O) groups excluding carboxylic acids is 2. The maximum Gasteiger partial charge on any atom is 0.273 e. The van der Waals surface area contributed by atoms with E-state index in [4.69, 9.17) is 0 Å². The Hall–Kier alpha value is -1.99. The van der Waals surface area contributed by atoms with Gasteiger partial charge in [-0.1, -0.05) is 0 Å². The Morgan fingerprint density at radius 1 is 1.25 bits per heavy atom. The number of hydrogen-bond acceptors (Lipinski definition) is 5. The van der Waals surface area contributed by atoms with Gasteiger partial charge in [-0.15, -0.1) is 11.3 Å². The summed E-state index contributed by atoms with van der Waals surface area (Å²) >= 11 is 1.45. The second-order valence-electron chi connectivity index (χ2n) is 6.18. The van der Waals surface area contributed by atoms with Gasteiger partial charge in [0.15, 0.2) is 5.78 Å². The van der Waals surface area contributed by atoms with Crippen LogP contribution >= 0.6 is 11.3 Å². The Morgan fingerprint density at radius 3 is 2.75 bits per heavy atom. The number of thiazole rings is 1. The lowest BCUT2D eigenvalue weighted by molar-refractivity contribution is 0.0755. The molecule has 1 fully saturated rings. The van der Waals surface area contributed by atoms with Crippen molar-refractivity contribution < 1.29 is 9.59 Å². The molecule has 128 valence electrons. The third kappa shape index (κ3) is 3.73. The molecule has 3 heterocycles. The zero-order chi connectivity index (χ0) is 17.1. The van der Waals surface area contributed by atoms with Crippen molar-refractivity contribution in [3.63, 3.8) is 0 Å². The van der Waals surface area contributed by atoms with Gasteiger partial charge in [-0.25, -0.2) is 4.98 Å². The molecule has 0 atom stereocenters. The minimum absolute atomic E-state index is 0.0239. The molecule has 24 heavy (non-hydrogen) atoms. The number of aromatic nitrogens is 2. The molecule has 1 saturated heterocycles. The Bertz CT molecular complexity index is 723. The van der Waals surface area contributed by atoms with Crippen LogP contribution in [0.5, 0.6) is 0 Å². The van der Waals surface area contributed by atoms with Gasteiger partial charge in [0.25, 0.3) is 5.91 Å². The lowest BCUT2D eigenvalue weighted by Gasteiger charge is -2.21. The van der Waals surface area contributed by atoms with Crippen molar-refractivity contribution in [3.8, 4) is 0 Å². The normalized spacial score (nSPS) is 16.2. The Labute approximate surface area is 145 Å². The van der Waals surface area contributed by atoms with Crippen molar-refractivity contribution in [2.75, 3.05) is 26.2 Å². The van der Waals surface area contributed by atoms with E-state index in [0.29, 0.717) is 12.2 Å². The molecule has 0 saturated carbocycles.